The number of aromatic nitrogens is 2. The molecular weight excluding hydrogens is 392 g/mol. The second kappa shape index (κ2) is 7.51. The Kier molecular flexibility index (Phi) is 4.82. The fraction of sp³-hybridized carbons (Fsp3) is 0.333. The van der Waals surface area contributed by atoms with Crippen LogP contribution in [0.2, 0.25) is 0 Å². The van der Waals surface area contributed by atoms with Gasteiger partial charge in [0.2, 0.25) is 0 Å². The number of nitrogens with zero attached hydrogens (tertiary/aromatic N) is 4. The Morgan fingerprint density at radius 2 is 1.87 bits per heavy atom. The summed E-state index contributed by atoms with van der Waals surface area (Å²) in [6.45, 7) is 6.56. The molecule has 0 saturated carbocycles. The maximum Gasteiger partial charge on any atom is 0.274 e. The molecule has 2 aliphatic heterocycles. The summed E-state index contributed by atoms with van der Waals surface area (Å²) < 4.78 is 1.88. The van der Waals surface area contributed by atoms with Crippen molar-refractivity contribution in [2.45, 2.75) is 30.5 Å². The van der Waals surface area contributed by atoms with Crippen LogP contribution in [0.25, 0.3) is 11.3 Å². The zero-order chi connectivity index (χ0) is 20.8. The maximum atomic E-state index is 13.5. The van der Waals surface area contributed by atoms with E-state index in [4.69, 9.17) is 0 Å². The zero-order valence-electron chi connectivity index (χ0n) is 17.6. The maximum absolute atomic E-state index is 13.5. The smallest absolute Gasteiger partial charge is 0.274 e. The average molecular weight is 419 g/mol. The number of carbonyl (C=O) groups is 1. The number of anilines is 1. The average Bonchev–Trinajstić information content (AvgIpc) is 3.11. The van der Waals surface area contributed by atoms with Crippen molar-refractivity contribution >= 4 is 23.4 Å². The van der Waals surface area contributed by atoms with Gasteiger partial charge in [-0.25, -0.2) is 0 Å². The topological polar surface area (TPSA) is 41.4 Å². The highest BCUT2D eigenvalue weighted by atomic mass is 32.2. The fourth-order valence-corrected chi connectivity index (χ4v) is 5.63. The zero-order valence-corrected chi connectivity index (χ0v) is 18.4. The molecule has 154 valence electrons. The largest absolute Gasteiger partial charge is 0.365 e. The van der Waals surface area contributed by atoms with E-state index in [1.807, 2.05) is 16.6 Å². The Morgan fingerprint density at radius 3 is 2.63 bits per heavy atom. The predicted molar refractivity (Wildman–Crippen MR) is 122 cm³/mol. The second-order valence-electron chi connectivity index (χ2n) is 8.21. The molecule has 0 N–H and O–H groups in total. The summed E-state index contributed by atoms with van der Waals surface area (Å²) in [4.78, 5) is 19.1. The molecule has 0 aliphatic carbocycles. The minimum atomic E-state index is 0.0576. The van der Waals surface area contributed by atoms with Crippen LogP contribution in [-0.2, 0) is 12.8 Å². The van der Waals surface area contributed by atoms with Crippen LogP contribution < -0.4 is 4.90 Å². The monoisotopic (exact) mass is 418 g/mol. The first kappa shape index (κ1) is 19.2. The van der Waals surface area contributed by atoms with Gasteiger partial charge in [0.1, 0.15) is 0 Å². The first-order valence-electron chi connectivity index (χ1n) is 10.4. The Bertz CT molecular complexity index is 1100. The van der Waals surface area contributed by atoms with E-state index in [9.17, 15) is 4.79 Å². The van der Waals surface area contributed by atoms with Crippen LogP contribution in [0.5, 0.6) is 0 Å². The first-order valence-corrected chi connectivity index (χ1v) is 11.4. The summed E-state index contributed by atoms with van der Waals surface area (Å²) in [5.41, 5.74) is 6.43. The van der Waals surface area contributed by atoms with Gasteiger partial charge in [-0.2, -0.15) is 5.10 Å². The molecule has 3 aromatic rings. The summed E-state index contributed by atoms with van der Waals surface area (Å²) in [6.07, 6.45) is 0. The summed E-state index contributed by atoms with van der Waals surface area (Å²) in [5.74, 6) is 0.849. The van der Waals surface area contributed by atoms with Crippen molar-refractivity contribution in [3.05, 3.63) is 65.4 Å². The number of hydrogen-bond donors (Lipinski definition) is 0. The molecule has 0 unspecified atom stereocenters. The number of rotatable bonds is 2. The quantitative estimate of drug-likeness (QED) is 0.620. The normalized spacial score (nSPS) is 18.2. The van der Waals surface area contributed by atoms with Crippen LogP contribution in [0.15, 0.2) is 53.4 Å². The Hall–Kier alpha value is -2.73. The number of thioether (sulfide) groups is 1. The van der Waals surface area contributed by atoms with E-state index in [1.54, 1.807) is 11.8 Å². The van der Waals surface area contributed by atoms with Gasteiger partial charge >= 0.3 is 0 Å². The Balaban J connectivity index is 1.39. The lowest BCUT2D eigenvalue weighted by Crippen LogP contribution is -2.54. The highest BCUT2D eigenvalue weighted by Gasteiger charge is 2.33. The van der Waals surface area contributed by atoms with Gasteiger partial charge in [0, 0.05) is 60.2 Å². The third-order valence-corrected chi connectivity index (χ3v) is 7.24. The standard InChI is InChI=1S/C24H26N4OS/c1-16-8-10-18(11-9-16)28-13-12-27(14-17(28)2)24(29)22-20-15-30-21-7-5-4-6-19(21)23(20)26(3)25-22/h4-11,17H,12-15H2,1-3H3/t17-/m0/s1. The van der Waals surface area contributed by atoms with Gasteiger partial charge in [-0.1, -0.05) is 35.9 Å². The van der Waals surface area contributed by atoms with E-state index in [0.717, 1.165) is 23.6 Å². The Labute approximate surface area is 181 Å². The predicted octanol–water partition coefficient (Wildman–Crippen LogP) is 4.35. The third kappa shape index (κ3) is 3.19. The van der Waals surface area contributed by atoms with Crippen molar-refractivity contribution in [1.82, 2.24) is 14.7 Å². The molecule has 1 atom stereocenters. The molecule has 1 amide bonds. The van der Waals surface area contributed by atoms with Crippen LogP contribution >= 0.6 is 11.8 Å². The van der Waals surface area contributed by atoms with Gasteiger partial charge in [0.05, 0.1) is 5.69 Å². The van der Waals surface area contributed by atoms with Gasteiger partial charge in [-0.15, -0.1) is 11.8 Å². The number of amides is 1. The number of aryl methyl sites for hydroxylation is 2. The van der Waals surface area contributed by atoms with Crippen LogP contribution in [0.3, 0.4) is 0 Å². The lowest BCUT2D eigenvalue weighted by Gasteiger charge is -2.41. The van der Waals surface area contributed by atoms with Gasteiger partial charge < -0.3 is 9.80 Å². The molecule has 0 radical (unpaired) electrons. The molecule has 0 bridgehead atoms. The third-order valence-electron chi connectivity index (χ3n) is 6.14. The van der Waals surface area contributed by atoms with Crippen molar-refractivity contribution in [3.63, 3.8) is 0 Å². The molecule has 1 saturated heterocycles. The van der Waals surface area contributed by atoms with E-state index in [-0.39, 0.29) is 11.9 Å². The number of hydrogen-bond acceptors (Lipinski definition) is 4. The van der Waals surface area contributed by atoms with Crippen molar-refractivity contribution in [3.8, 4) is 11.3 Å². The van der Waals surface area contributed by atoms with Gasteiger partial charge in [-0.05, 0) is 32.0 Å². The van der Waals surface area contributed by atoms with E-state index in [2.05, 4.69) is 72.4 Å². The molecular formula is C24H26N4OS. The van der Waals surface area contributed by atoms with E-state index in [1.165, 1.54) is 21.7 Å². The molecule has 1 aromatic heterocycles. The number of carbonyl (C=O) groups excluding carboxylic acids is 1. The molecule has 2 aromatic carbocycles. The SMILES string of the molecule is Cc1ccc(N2CCN(C(=O)c3nn(C)c4c3CSc3ccccc3-4)C[C@@H]2C)cc1. The lowest BCUT2D eigenvalue weighted by atomic mass is 10.0. The van der Waals surface area contributed by atoms with Crippen LogP contribution in [0.4, 0.5) is 5.69 Å². The lowest BCUT2D eigenvalue weighted by molar-refractivity contribution is 0.0719. The van der Waals surface area contributed by atoms with Crippen LogP contribution in [0, 0.1) is 6.92 Å². The van der Waals surface area contributed by atoms with Gasteiger partial charge in [-0.3, -0.25) is 9.48 Å². The van der Waals surface area contributed by atoms with Crippen LogP contribution in [0.1, 0.15) is 28.5 Å². The minimum absolute atomic E-state index is 0.0576. The fourth-order valence-electron chi connectivity index (χ4n) is 4.56. The minimum Gasteiger partial charge on any atom is -0.365 e. The van der Waals surface area contributed by atoms with Crippen LogP contribution in [-0.4, -0.2) is 46.3 Å². The number of benzene rings is 2. The first-order chi connectivity index (χ1) is 14.5. The number of piperazine rings is 1. The van der Waals surface area contributed by atoms with Crippen molar-refractivity contribution in [2.24, 2.45) is 7.05 Å². The van der Waals surface area contributed by atoms with Gasteiger partial charge in [0.15, 0.2) is 5.69 Å². The number of fused-ring (bicyclic) bond motifs is 3. The highest BCUT2D eigenvalue weighted by molar-refractivity contribution is 7.98. The summed E-state index contributed by atoms with van der Waals surface area (Å²) in [6, 6.07) is 17.3. The Morgan fingerprint density at radius 1 is 1.10 bits per heavy atom. The molecule has 1 fully saturated rings. The summed E-state index contributed by atoms with van der Waals surface area (Å²) in [5, 5.41) is 4.68. The van der Waals surface area contributed by atoms with Crippen molar-refractivity contribution in [2.75, 3.05) is 24.5 Å². The highest BCUT2D eigenvalue weighted by Crippen LogP contribution is 2.42. The van der Waals surface area contributed by atoms with Crippen molar-refractivity contribution in [1.29, 1.82) is 0 Å². The molecule has 3 heterocycles. The molecule has 6 heteroatoms. The summed E-state index contributed by atoms with van der Waals surface area (Å²) >= 11 is 1.79. The molecule has 30 heavy (non-hydrogen) atoms. The second-order valence-corrected chi connectivity index (χ2v) is 9.23. The van der Waals surface area contributed by atoms with E-state index >= 15 is 0 Å². The van der Waals surface area contributed by atoms with Crippen molar-refractivity contribution < 1.29 is 4.79 Å². The molecule has 5 rings (SSSR count). The van der Waals surface area contributed by atoms with E-state index < -0.39 is 0 Å². The molecule has 2 aliphatic rings. The van der Waals surface area contributed by atoms with Gasteiger partial charge in [0.25, 0.3) is 5.91 Å². The van der Waals surface area contributed by atoms with E-state index in [0.29, 0.717) is 18.8 Å². The molecule has 5 nitrogen and oxygen atoms in total. The summed E-state index contributed by atoms with van der Waals surface area (Å²) in [7, 11) is 1.94. The molecule has 0 spiro atoms.